The van der Waals surface area contributed by atoms with Crippen LogP contribution in [0.15, 0.2) is 24.3 Å². The topological polar surface area (TPSA) is 176 Å². The summed E-state index contributed by atoms with van der Waals surface area (Å²) >= 11 is 0. The van der Waals surface area contributed by atoms with Crippen molar-refractivity contribution in [1.29, 1.82) is 0 Å². The van der Waals surface area contributed by atoms with E-state index in [1.54, 1.807) is 12.1 Å². The number of ketones is 2. The smallest absolute Gasteiger partial charge is 0.322 e. The van der Waals surface area contributed by atoms with Crippen molar-refractivity contribution in [2.24, 2.45) is 11.1 Å². The summed E-state index contributed by atoms with van der Waals surface area (Å²) in [7, 11) is 1.41. The largest absolute Gasteiger partial charge is 0.463 e. The molecular weight excluding hydrogens is 512 g/mol. The van der Waals surface area contributed by atoms with Crippen LogP contribution in [0.25, 0.3) is 0 Å². The van der Waals surface area contributed by atoms with E-state index in [9.17, 15) is 24.0 Å². The van der Waals surface area contributed by atoms with Crippen LogP contribution in [-0.2, 0) is 9.53 Å². The van der Waals surface area contributed by atoms with Crippen molar-refractivity contribution >= 4 is 41.1 Å². The highest BCUT2D eigenvalue weighted by atomic mass is 16.5. The number of fused-ring (bicyclic) bond motifs is 2. The highest BCUT2D eigenvalue weighted by Crippen LogP contribution is 2.39. The minimum atomic E-state index is -0.754. The van der Waals surface area contributed by atoms with Gasteiger partial charge >= 0.3 is 5.97 Å². The number of amides is 1. The molecule has 6 N–H and O–H groups in total. The summed E-state index contributed by atoms with van der Waals surface area (Å²) in [5, 5.41) is 0. The molecule has 0 saturated carbocycles. The van der Waals surface area contributed by atoms with Gasteiger partial charge in [-0.2, -0.15) is 0 Å². The second kappa shape index (κ2) is 13.3. The number of nitrogens with two attached hydrogens (primary N) is 3. The van der Waals surface area contributed by atoms with Crippen LogP contribution in [0.5, 0.6) is 0 Å². The number of hydrogen-bond acceptors (Lipinski definition) is 9. The summed E-state index contributed by atoms with van der Waals surface area (Å²) in [6, 6.07) is 5.41. The van der Waals surface area contributed by atoms with Gasteiger partial charge in [0, 0.05) is 18.2 Å². The molecule has 1 aliphatic carbocycles. The predicted octanol–water partition coefficient (Wildman–Crippen LogP) is 3.62. The summed E-state index contributed by atoms with van der Waals surface area (Å²) in [6.45, 7) is 10.6. The highest BCUT2D eigenvalue weighted by molar-refractivity contribution is 6.33. The second-order valence-electron chi connectivity index (χ2n) is 10.9. The molecule has 1 atom stereocenters. The van der Waals surface area contributed by atoms with Crippen LogP contribution in [0.1, 0.15) is 106 Å². The maximum Gasteiger partial charge on any atom is 0.322 e. The third-order valence-electron chi connectivity index (χ3n) is 6.80. The number of rotatable bonds is 8. The fourth-order valence-electron chi connectivity index (χ4n) is 3.89. The van der Waals surface area contributed by atoms with Crippen LogP contribution < -0.4 is 17.2 Å². The van der Waals surface area contributed by atoms with Crippen molar-refractivity contribution in [2.75, 3.05) is 31.7 Å². The normalized spacial score (nSPS) is 12.9. The molecule has 0 aromatic heterocycles. The molecule has 2 aromatic carbocycles. The number of esters is 1. The van der Waals surface area contributed by atoms with Crippen molar-refractivity contribution in [3.8, 4) is 0 Å². The Labute approximate surface area is 235 Å². The second-order valence-corrected chi connectivity index (χ2v) is 10.9. The van der Waals surface area contributed by atoms with E-state index in [-0.39, 0.29) is 57.9 Å². The van der Waals surface area contributed by atoms with Crippen LogP contribution in [0.4, 0.5) is 11.4 Å². The Bertz CT molecular complexity index is 1310. The van der Waals surface area contributed by atoms with Crippen LogP contribution >= 0.6 is 0 Å². The molecule has 0 heterocycles. The quantitative estimate of drug-likeness (QED) is 0.214. The number of ether oxygens (including phenoxy) is 1. The Kier molecular flexibility index (Phi) is 10.7. The van der Waals surface area contributed by atoms with Crippen LogP contribution in [0.2, 0.25) is 0 Å². The minimum Gasteiger partial charge on any atom is -0.463 e. The van der Waals surface area contributed by atoms with Gasteiger partial charge in [-0.05, 0) is 11.8 Å². The van der Waals surface area contributed by atoms with Gasteiger partial charge in [-0.15, -0.1) is 0 Å². The van der Waals surface area contributed by atoms with Gasteiger partial charge in [0.1, 0.15) is 12.6 Å². The van der Waals surface area contributed by atoms with Gasteiger partial charge in [-0.3, -0.25) is 24.0 Å². The monoisotopic (exact) mass is 552 g/mol. The number of hydrogen-bond donors (Lipinski definition) is 3. The molecule has 1 aliphatic rings. The van der Waals surface area contributed by atoms with Crippen molar-refractivity contribution in [2.45, 2.75) is 59.9 Å². The van der Waals surface area contributed by atoms with Gasteiger partial charge in [-0.25, -0.2) is 0 Å². The zero-order valence-corrected chi connectivity index (χ0v) is 24.1. The first-order valence-corrected chi connectivity index (χ1v) is 13.3. The zero-order chi connectivity index (χ0) is 30.4. The number of anilines is 2. The number of carbonyl (C=O) groups excluding carboxylic acids is 5. The fourth-order valence-corrected chi connectivity index (χ4v) is 3.89. The van der Waals surface area contributed by atoms with Gasteiger partial charge in [-0.1, -0.05) is 71.7 Å². The van der Waals surface area contributed by atoms with E-state index in [0.29, 0.717) is 24.5 Å². The van der Waals surface area contributed by atoms with Gasteiger partial charge < -0.3 is 26.8 Å². The Hall–Kier alpha value is -4.05. The minimum absolute atomic E-state index is 0.0339. The molecule has 2 aromatic rings. The summed E-state index contributed by atoms with van der Waals surface area (Å²) < 4.78 is 5.10. The molecule has 10 heteroatoms. The first-order chi connectivity index (χ1) is 18.7. The number of likely N-dealkylation sites (N-methyl/N-ethyl adjacent to an activating group) is 1. The maximum atomic E-state index is 13.2. The van der Waals surface area contributed by atoms with E-state index >= 15 is 0 Å². The third kappa shape index (κ3) is 6.93. The molecule has 1 amide bonds. The van der Waals surface area contributed by atoms with Gasteiger partial charge in [0.2, 0.25) is 0 Å². The molecule has 0 spiro atoms. The summed E-state index contributed by atoms with van der Waals surface area (Å²) in [4.78, 5) is 64.4. The Morgan fingerprint density at radius 3 is 1.95 bits per heavy atom. The Balaban J connectivity index is 0.000000840. The standard InChI is InChI=1S/C24H26N4O6.C6H14/c1-3-6-15(25)24(33)34-10-9-28(2)23(32)16-14(11-29)19(26)17-18(20(16)27)22(31)13-8-5-4-7-12(13)21(17)30;1-5-6(2,3)4/h4-5,7-8,11,15H,3,6,9-10,25-27H2,1-2H3;5H2,1-4H3. The third-order valence-corrected chi connectivity index (χ3v) is 6.80. The van der Waals surface area contributed by atoms with Crippen LogP contribution in [0, 0.1) is 5.41 Å². The fraction of sp³-hybridized carbons (Fsp3) is 0.433. The lowest BCUT2D eigenvalue weighted by molar-refractivity contribution is -0.145. The summed E-state index contributed by atoms with van der Waals surface area (Å²) in [5.41, 5.74) is 17.3. The van der Waals surface area contributed by atoms with Gasteiger partial charge in [0.15, 0.2) is 17.9 Å². The molecule has 3 rings (SSSR count). The molecule has 10 nitrogen and oxygen atoms in total. The Morgan fingerprint density at radius 1 is 1.00 bits per heavy atom. The predicted molar refractivity (Wildman–Crippen MR) is 155 cm³/mol. The lowest BCUT2D eigenvalue weighted by atomic mass is 9.79. The molecule has 0 saturated heterocycles. The number of carbonyl (C=O) groups is 5. The molecule has 1 unspecified atom stereocenters. The van der Waals surface area contributed by atoms with Crippen molar-refractivity contribution in [3.63, 3.8) is 0 Å². The first-order valence-electron chi connectivity index (χ1n) is 13.3. The molecule has 216 valence electrons. The molecule has 0 radical (unpaired) electrons. The summed E-state index contributed by atoms with van der Waals surface area (Å²) in [5.74, 6) is -2.43. The number of aldehydes is 1. The van der Waals surface area contributed by atoms with Crippen molar-refractivity contribution in [3.05, 3.63) is 57.6 Å². The highest BCUT2D eigenvalue weighted by Gasteiger charge is 2.37. The van der Waals surface area contributed by atoms with Crippen molar-refractivity contribution in [1.82, 2.24) is 4.90 Å². The van der Waals surface area contributed by atoms with Gasteiger partial charge in [0.25, 0.3) is 5.91 Å². The average Bonchev–Trinajstić information content (AvgIpc) is 2.91. The lowest BCUT2D eigenvalue weighted by Crippen LogP contribution is -2.36. The van der Waals surface area contributed by atoms with Crippen LogP contribution in [-0.4, -0.2) is 60.9 Å². The van der Waals surface area contributed by atoms with E-state index < -0.39 is 29.5 Å². The lowest BCUT2D eigenvalue weighted by Gasteiger charge is -2.25. The first kappa shape index (κ1) is 32.2. The molecular formula is C30H40N4O6. The molecule has 0 aliphatic heterocycles. The maximum absolute atomic E-state index is 13.2. The van der Waals surface area contributed by atoms with E-state index in [1.807, 2.05) is 6.92 Å². The molecule has 0 fully saturated rings. The summed E-state index contributed by atoms with van der Waals surface area (Å²) in [6.07, 6.45) is 2.78. The van der Waals surface area contributed by atoms with E-state index in [0.717, 1.165) is 0 Å². The molecule has 40 heavy (non-hydrogen) atoms. The number of nitrogens with zero attached hydrogens (tertiary/aromatic N) is 1. The number of benzene rings is 2. The van der Waals surface area contributed by atoms with E-state index in [2.05, 4.69) is 27.7 Å². The number of nitrogen functional groups attached to an aromatic ring is 2. The Morgan fingerprint density at radius 2 is 1.50 bits per heavy atom. The van der Waals surface area contributed by atoms with Gasteiger partial charge in [0.05, 0.1) is 40.2 Å². The van der Waals surface area contributed by atoms with Crippen molar-refractivity contribution < 1.29 is 28.7 Å². The average molecular weight is 553 g/mol. The van der Waals surface area contributed by atoms with E-state index in [1.165, 1.54) is 30.5 Å². The van der Waals surface area contributed by atoms with E-state index in [4.69, 9.17) is 21.9 Å². The molecule has 0 bridgehead atoms. The zero-order valence-electron chi connectivity index (χ0n) is 24.1. The SMILES string of the molecule is CCC(C)(C)C.CCCC(N)C(=O)OCCN(C)C(=O)c1c(N)c2c(c(N)c1C=O)C(=O)c1ccccc1C2=O. The van der Waals surface area contributed by atoms with Crippen LogP contribution in [0.3, 0.4) is 0 Å².